The Bertz CT molecular complexity index is 1120. The fourth-order valence-electron chi connectivity index (χ4n) is 5.19. The standard InChI is InChI=1S/C26H26Cl2F2N2O/c1-5-11-32-21(14-33)23(17-7-6-8-19(28)24(17)30)26(15-31,22(32)13-25(2,3)4)18-10-9-16(27)12-20(18)29/h1,6-10,12,21-23,33H,11,13-14H2,2-4H3/t21-,22-,23-,26-/m0/s1. The van der Waals surface area contributed by atoms with Crippen molar-refractivity contribution < 1.29 is 13.9 Å². The highest BCUT2D eigenvalue weighted by Gasteiger charge is 2.62. The average Bonchev–Trinajstić information content (AvgIpc) is 2.98. The van der Waals surface area contributed by atoms with E-state index in [0.29, 0.717) is 6.42 Å². The molecule has 1 aliphatic rings. The van der Waals surface area contributed by atoms with Gasteiger partial charge in [-0.3, -0.25) is 4.90 Å². The number of aliphatic hydroxyl groups excluding tert-OH is 1. The molecule has 0 aliphatic carbocycles. The van der Waals surface area contributed by atoms with Crippen molar-refractivity contribution in [1.29, 1.82) is 5.26 Å². The van der Waals surface area contributed by atoms with Crippen LogP contribution in [0, 0.1) is 40.7 Å². The average molecular weight is 491 g/mol. The summed E-state index contributed by atoms with van der Waals surface area (Å²) < 4.78 is 30.9. The number of nitriles is 1. The smallest absolute Gasteiger partial charge is 0.145 e. The van der Waals surface area contributed by atoms with Gasteiger partial charge in [0.2, 0.25) is 0 Å². The quantitative estimate of drug-likeness (QED) is 0.528. The zero-order valence-electron chi connectivity index (χ0n) is 18.7. The molecule has 1 saturated heterocycles. The Balaban J connectivity index is 2.44. The zero-order chi connectivity index (χ0) is 24.6. The molecule has 3 rings (SSSR count). The van der Waals surface area contributed by atoms with Crippen molar-refractivity contribution in [2.24, 2.45) is 5.41 Å². The fourth-order valence-corrected chi connectivity index (χ4v) is 5.53. The van der Waals surface area contributed by atoms with E-state index in [4.69, 9.17) is 29.6 Å². The number of likely N-dealkylation sites (tertiary alicyclic amines) is 1. The van der Waals surface area contributed by atoms with Crippen LogP contribution in [0.4, 0.5) is 8.78 Å². The first-order chi connectivity index (χ1) is 15.5. The molecule has 0 spiro atoms. The van der Waals surface area contributed by atoms with Gasteiger partial charge in [0, 0.05) is 28.6 Å². The number of benzene rings is 2. The summed E-state index contributed by atoms with van der Waals surface area (Å²) in [5, 5.41) is 21.3. The summed E-state index contributed by atoms with van der Waals surface area (Å²) in [4.78, 5) is 1.83. The van der Waals surface area contributed by atoms with Crippen LogP contribution in [0.3, 0.4) is 0 Å². The fraction of sp³-hybridized carbons (Fsp3) is 0.423. The van der Waals surface area contributed by atoms with Crippen LogP contribution in [0.5, 0.6) is 0 Å². The molecule has 1 aliphatic heterocycles. The predicted molar refractivity (Wildman–Crippen MR) is 127 cm³/mol. The van der Waals surface area contributed by atoms with E-state index in [1.54, 1.807) is 6.07 Å². The lowest BCUT2D eigenvalue weighted by Crippen LogP contribution is -2.46. The Morgan fingerprint density at radius 2 is 1.91 bits per heavy atom. The first-order valence-corrected chi connectivity index (χ1v) is 11.4. The second-order valence-corrected chi connectivity index (χ2v) is 10.5. The Morgan fingerprint density at radius 3 is 2.45 bits per heavy atom. The molecule has 0 aromatic heterocycles. The van der Waals surface area contributed by atoms with Gasteiger partial charge >= 0.3 is 0 Å². The van der Waals surface area contributed by atoms with Crippen molar-refractivity contribution in [2.45, 2.75) is 50.6 Å². The van der Waals surface area contributed by atoms with Crippen molar-refractivity contribution >= 4 is 23.2 Å². The molecule has 4 atom stereocenters. The van der Waals surface area contributed by atoms with E-state index in [9.17, 15) is 10.4 Å². The molecule has 7 heteroatoms. The Morgan fingerprint density at radius 1 is 1.21 bits per heavy atom. The first kappa shape index (κ1) is 25.5. The minimum absolute atomic E-state index is 0.0889. The van der Waals surface area contributed by atoms with E-state index in [0.717, 1.165) is 6.07 Å². The number of halogens is 4. The lowest BCUT2D eigenvalue weighted by Gasteiger charge is -2.39. The Hall–Kier alpha value is -2.15. The highest BCUT2D eigenvalue weighted by molar-refractivity contribution is 6.31. The van der Waals surface area contributed by atoms with E-state index < -0.39 is 41.7 Å². The summed E-state index contributed by atoms with van der Waals surface area (Å²) in [6.07, 6.45) is 6.11. The van der Waals surface area contributed by atoms with Gasteiger partial charge in [0.1, 0.15) is 17.0 Å². The second kappa shape index (κ2) is 9.61. The molecule has 33 heavy (non-hydrogen) atoms. The van der Waals surface area contributed by atoms with Gasteiger partial charge in [0.05, 0.1) is 24.2 Å². The van der Waals surface area contributed by atoms with Crippen molar-refractivity contribution in [3.8, 4) is 18.4 Å². The molecule has 0 saturated carbocycles. The van der Waals surface area contributed by atoms with Gasteiger partial charge in [-0.2, -0.15) is 5.26 Å². The van der Waals surface area contributed by atoms with Crippen LogP contribution in [0.1, 0.15) is 44.2 Å². The second-order valence-electron chi connectivity index (χ2n) is 9.63. The molecule has 3 nitrogen and oxygen atoms in total. The third kappa shape index (κ3) is 4.48. The molecule has 2 aromatic carbocycles. The van der Waals surface area contributed by atoms with Gasteiger partial charge in [-0.05, 0) is 35.6 Å². The highest BCUT2D eigenvalue weighted by Crippen LogP contribution is 2.56. The third-order valence-corrected chi connectivity index (χ3v) is 6.90. The lowest BCUT2D eigenvalue weighted by atomic mass is 9.62. The molecular weight excluding hydrogens is 465 g/mol. The molecule has 1 heterocycles. The summed E-state index contributed by atoms with van der Waals surface area (Å²) in [6.45, 7) is 5.70. The Labute approximate surface area is 203 Å². The molecule has 1 N–H and O–H groups in total. The Kier molecular flexibility index (Phi) is 7.42. The van der Waals surface area contributed by atoms with Crippen LogP contribution in [0.2, 0.25) is 10.0 Å². The van der Waals surface area contributed by atoms with Crippen LogP contribution in [0.15, 0.2) is 36.4 Å². The van der Waals surface area contributed by atoms with Gasteiger partial charge in [-0.25, -0.2) is 8.78 Å². The van der Waals surface area contributed by atoms with Crippen molar-refractivity contribution in [1.82, 2.24) is 4.90 Å². The maximum atomic E-state index is 15.5. The number of hydrogen-bond donors (Lipinski definition) is 1. The summed E-state index contributed by atoms with van der Waals surface area (Å²) in [7, 11) is 0. The topological polar surface area (TPSA) is 47.3 Å². The number of terminal acetylenes is 1. The van der Waals surface area contributed by atoms with Crippen LogP contribution in [-0.2, 0) is 5.41 Å². The minimum atomic E-state index is -1.57. The van der Waals surface area contributed by atoms with E-state index >= 15 is 8.78 Å². The molecule has 174 valence electrons. The van der Waals surface area contributed by atoms with Gasteiger partial charge in [0.15, 0.2) is 0 Å². The number of aliphatic hydroxyl groups is 1. The van der Waals surface area contributed by atoms with Crippen molar-refractivity contribution in [3.63, 3.8) is 0 Å². The maximum absolute atomic E-state index is 15.5. The minimum Gasteiger partial charge on any atom is -0.395 e. The summed E-state index contributed by atoms with van der Waals surface area (Å²) in [5.74, 6) is 0.282. The van der Waals surface area contributed by atoms with Gasteiger partial charge < -0.3 is 5.11 Å². The predicted octanol–water partition coefficient (Wildman–Crippen LogP) is 5.93. The summed E-state index contributed by atoms with van der Waals surface area (Å²) in [5.41, 5.74) is -1.64. The third-order valence-electron chi connectivity index (χ3n) is 6.37. The normalized spacial score (nSPS) is 25.6. The molecule has 1 fully saturated rings. The van der Waals surface area contributed by atoms with Crippen molar-refractivity contribution in [2.75, 3.05) is 13.2 Å². The van der Waals surface area contributed by atoms with Crippen LogP contribution < -0.4 is 0 Å². The van der Waals surface area contributed by atoms with E-state index in [-0.39, 0.29) is 33.1 Å². The first-order valence-electron chi connectivity index (χ1n) is 10.6. The molecule has 0 bridgehead atoms. The van der Waals surface area contributed by atoms with Crippen LogP contribution in [0.25, 0.3) is 0 Å². The van der Waals surface area contributed by atoms with E-state index in [1.165, 1.54) is 24.3 Å². The molecule has 0 radical (unpaired) electrons. The highest BCUT2D eigenvalue weighted by atomic mass is 35.5. The summed E-state index contributed by atoms with van der Waals surface area (Å²) in [6, 6.07) is 9.65. The lowest BCUT2D eigenvalue weighted by molar-refractivity contribution is 0.113. The molecular formula is C26H26Cl2F2N2O. The monoisotopic (exact) mass is 490 g/mol. The zero-order valence-corrected chi connectivity index (χ0v) is 20.3. The number of hydrogen-bond acceptors (Lipinski definition) is 3. The van der Waals surface area contributed by atoms with Gasteiger partial charge in [-0.1, -0.05) is 68.1 Å². The molecule has 2 aromatic rings. The number of nitrogens with zero attached hydrogens (tertiary/aromatic N) is 2. The van der Waals surface area contributed by atoms with E-state index in [1.807, 2.05) is 25.7 Å². The molecule has 0 unspecified atom stereocenters. The maximum Gasteiger partial charge on any atom is 0.145 e. The SMILES string of the molecule is C#CCN1[C@@H](CC(C)(C)C)[C@](C#N)(c2ccc(Cl)cc2F)[C@@H](c2cccc(Cl)c2F)[C@@H]1CO. The van der Waals surface area contributed by atoms with Gasteiger partial charge in [-0.15, -0.1) is 6.42 Å². The van der Waals surface area contributed by atoms with E-state index in [2.05, 4.69) is 12.0 Å². The largest absolute Gasteiger partial charge is 0.395 e. The van der Waals surface area contributed by atoms with Crippen molar-refractivity contribution in [3.05, 3.63) is 69.2 Å². The van der Waals surface area contributed by atoms with Crippen LogP contribution >= 0.6 is 23.2 Å². The molecule has 0 amide bonds. The van der Waals surface area contributed by atoms with Gasteiger partial charge in [0.25, 0.3) is 0 Å². The summed E-state index contributed by atoms with van der Waals surface area (Å²) >= 11 is 12.1. The number of rotatable bonds is 5. The van der Waals surface area contributed by atoms with Crippen LogP contribution in [-0.4, -0.2) is 35.2 Å².